The summed E-state index contributed by atoms with van der Waals surface area (Å²) in [4.78, 5) is 14.3. The first-order valence-electron chi connectivity index (χ1n) is 4.43. The SMILES string of the molecule is C[C@H](OCCc1ccncc1)C(=O)O. The standard InChI is InChI=1S/C10H13NO3/c1-8(10(12)13)14-7-4-9-2-5-11-6-3-9/h2-3,5-6,8H,4,7H2,1H3,(H,12,13)/t8-/m0/s1. The van der Waals surface area contributed by atoms with Crippen molar-refractivity contribution < 1.29 is 14.6 Å². The quantitative estimate of drug-likeness (QED) is 0.764. The van der Waals surface area contributed by atoms with Crippen molar-refractivity contribution in [1.82, 2.24) is 4.98 Å². The van der Waals surface area contributed by atoms with Gasteiger partial charge in [-0.2, -0.15) is 0 Å². The van der Waals surface area contributed by atoms with Crippen molar-refractivity contribution >= 4 is 5.97 Å². The first kappa shape index (κ1) is 10.7. The lowest BCUT2D eigenvalue weighted by Gasteiger charge is -2.07. The smallest absolute Gasteiger partial charge is 0.332 e. The molecule has 0 aromatic carbocycles. The largest absolute Gasteiger partial charge is 0.479 e. The summed E-state index contributed by atoms with van der Waals surface area (Å²) in [7, 11) is 0. The fraction of sp³-hybridized carbons (Fsp3) is 0.400. The number of carbonyl (C=O) groups is 1. The number of nitrogens with zero attached hydrogens (tertiary/aromatic N) is 1. The van der Waals surface area contributed by atoms with Crippen LogP contribution in [0.1, 0.15) is 12.5 Å². The molecule has 1 aromatic rings. The number of ether oxygens (including phenoxy) is 1. The maximum absolute atomic E-state index is 10.4. The molecule has 0 amide bonds. The number of aliphatic carboxylic acids is 1. The monoisotopic (exact) mass is 195 g/mol. The molecule has 1 aromatic heterocycles. The Bertz CT molecular complexity index is 287. The predicted octanol–water partition coefficient (Wildman–Crippen LogP) is 1.11. The lowest BCUT2D eigenvalue weighted by Crippen LogP contribution is -2.20. The number of rotatable bonds is 5. The molecule has 4 nitrogen and oxygen atoms in total. The summed E-state index contributed by atoms with van der Waals surface area (Å²) in [5.41, 5.74) is 1.09. The van der Waals surface area contributed by atoms with Crippen molar-refractivity contribution in [3.63, 3.8) is 0 Å². The molecule has 1 atom stereocenters. The van der Waals surface area contributed by atoms with Gasteiger partial charge in [0.2, 0.25) is 0 Å². The van der Waals surface area contributed by atoms with Crippen LogP contribution in [-0.4, -0.2) is 28.8 Å². The fourth-order valence-corrected chi connectivity index (χ4v) is 0.974. The topological polar surface area (TPSA) is 59.4 Å². The highest BCUT2D eigenvalue weighted by atomic mass is 16.5. The molecule has 0 saturated carbocycles. The highest BCUT2D eigenvalue weighted by molar-refractivity contribution is 5.71. The molecule has 0 bridgehead atoms. The molecule has 0 radical (unpaired) electrons. The van der Waals surface area contributed by atoms with Gasteiger partial charge in [0, 0.05) is 12.4 Å². The minimum absolute atomic E-state index is 0.414. The molecular weight excluding hydrogens is 182 g/mol. The van der Waals surface area contributed by atoms with E-state index in [2.05, 4.69) is 4.98 Å². The number of carboxylic acid groups (broad SMARTS) is 1. The lowest BCUT2D eigenvalue weighted by atomic mass is 10.2. The van der Waals surface area contributed by atoms with Crippen LogP contribution in [0, 0.1) is 0 Å². The van der Waals surface area contributed by atoms with Crippen molar-refractivity contribution in [3.8, 4) is 0 Å². The second kappa shape index (κ2) is 5.34. The van der Waals surface area contributed by atoms with Gasteiger partial charge < -0.3 is 9.84 Å². The summed E-state index contributed by atoms with van der Waals surface area (Å²) in [6.45, 7) is 1.94. The van der Waals surface area contributed by atoms with Crippen molar-refractivity contribution in [2.75, 3.05) is 6.61 Å². The Labute approximate surface area is 82.5 Å². The molecule has 76 valence electrons. The molecule has 1 heterocycles. The summed E-state index contributed by atoms with van der Waals surface area (Å²) in [6, 6.07) is 3.77. The molecule has 0 unspecified atom stereocenters. The zero-order valence-electron chi connectivity index (χ0n) is 8.01. The maximum atomic E-state index is 10.4. The second-order valence-corrected chi connectivity index (χ2v) is 2.96. The Kier molecular flexibility index (Phi) is 4.07. The number of pyridine rings is 1. The van der Waals surface area contributed by atoms with E-state index >= 15 is 0 Å². The molecule has 0 aliphatic carbocycles. The molecule has 1 rings (SSSR count). The van der Waals surface area contributed by atoms with E-state index in [1.807, 2.05) is 12.1 Å². The van der Waals surface area contributed by atoms with Gasteiger partial charge in [-0.1, -0.05) is 0 Å². The van der Waals surface area contributed by atoms with Crippen molar-refractivity contribution in [3.05, 3.63) is 30.1 Å². The van der Waals surface area contributed by atoms with Gasteiger partial charge in [0.1, 0.15) is 0 Å². The van der Waals surface area contributed by atoms with Crippen LogP contribution >= 0.6 is 0 Å². The van der Waals surface area contributed by atoms with E-state index in [4.69, 9.17) is 9.84 Å². The maximum Gasteiger partial charge on any atom is 0.332 e. The summed E-state index contributed by atoms with van der Waals surface area (Å²) in [6.07, 6.45) is 3.38. The number of aromatic nitrogens is 1. The van der Waals surface area contributed by atoms with Crippen molar-refractivity contribution in [1.29, 1.82) is 0 Å². The van der Waals surface area contributed by atoms with E-state index in [1.165, 1.54) is 6.92 Å². The molecule has 0 fully saturated rings. The van der Waals surface area contributed by atoms with E-state index in [-0.39, 0.29) is 0 Å². The zero-order chi connectivity index (χ0) is 10.4. The van der Waals surface area contributed by atoms with Crippen LogP contribution < -0.4 is 0 Å². The molecule has 0 aliphatic heterocycles. The second-order valence-electron chi connectivity index (χ2n) is 2.96. The van der Waals surface area contributed by atoms with Gasteiger partial charge in [0.15, 0.2) is 6.10 Å². The third-order valence-electron chi connectivity index (χ3n) is 1.86. The summed E-state index contributed by atoms with van der Waals surface area (Å²) in [5, 5.41) is 8.54. The van der Waals surface area contributed by atoms with E-state index < -0.39 is 12.1 Å². The average Bonchev–Trinajstić information content (AvgIpc) is 2.19. The predicted molar refractivity (Wildman–Crippen MR) is 51.0 cm³/mol. The molecule has 0 aliphatic rings. The number of carboxylic acids is 1. The van der Waals surface area contributed by atoms with Gasteiger partial charge in [-0.25, -0.2) is 4.79 Å². The van der Waals surface area contributed by atoms with Crippen LogP contribution in [0.15, 0.2) is 24.5 Å². The summed E-state index contributed by atoms with van der Waals surface area (Å²) >= 11 is 0. The minimum atomic E-state index is -0.931. The van der Waals surface area contributed by atoms with E-state index in [0.717, 1.165) is 5.56 Å². The Morgan fingerprint density at radius 1 is 1.57 bits per heavy atom. The van der Waals surface area contributed by atoms with Crippen LogP contribution in [0.2, 0.25) is 0 Å². The van der Waals surface area contributed by atoms with Crippen LogP contribution in [0.25, 0.3) is 0 Å². The Balaban J connectivity index is 2.26. The summed E-state index contributed by atoms with van der Waals surface area (Å²) in [5.74, 6) is -0.931. The number of hydrogen-bond donors (Lipinski definition) is 1. The minimum Gasteiger partial charge on any atom is -0.479 e. The van der Waals surface area contributed by atoms with E-state index in [1.54, 1.807) is 12.4 Å². The van der Waals surface area contributed by atoms with Crippen LogP contribution in [0.5, 0.6) is 0 Å². The van der Waals surface area contributed by atoms with Gasteiger partial charge in [-0.15, -0.1) is 0 Å². The molecule has 14 heavy (non-hydrogen) atoms. The van der Waals surface area contributed by atoms with Gasteiger partial charge in [0.25, 0.3) is 0 Å². The van der Waals surface area contributed by atoms with Crippen molar-refractivity contribution in [2.24, 2.45) is 0 Å². The lowest BCUT2D eigenvalue weighted by molar-refractivity contribution is -0.149. The third-order valence-corrected chi connectivity index (χ3v) is 1.86. The Hall–Kier alpha value is -1.42. The fourth-order valence-electron chi connectivity index (χ4n) is 0.974. The molecular formula is C10H13NO3. The highest BCUT2D eigenvalue weighted by Crippen LogP contribution is 1.99. The first-order chi connectivity index (χ1) is 6.70. The van der Waals surface area contributed by atoms with E-state index in [9.17, 15) is 4.79 Å². The Morgan fingerprint density at radius 2 is 2.21 bits per heavy atom. The van der Waals surface area contributed by atoms with Gasteiger partial charge in [0.05, 0.1) is 6.61 Å². The number of hydrogen-bond acceptors (Lipinski definition) is 3. The molecule has 0 saturated heterocycles. The van der Waals surface area contributed by atoms with Crippen LogP contribution in [-0.2, 0) is 16.0 Å². The average molecular weight is 195 g/mol. The van der Waals surface area contributed by atoms with Gasteiger partial charge in [-0.3, -0.25) is 4.98 Å². The molecule has 1 N–H and O–H groups in total. The van der Waals surface area contributed by atoms with Crippen molar-refractivity contribution in [2.45, 2.75) is 19.4 Å². The van der Waals surface area contributed by atoms with Crippen LogP contribution in [0.3, 0.4) is 0 Å². The highest BCUT2D eigenvalue weighted by Gasteiger charge is 2.09. The van der Waals surface area contributed by atoms with Gasteiger partial charge >= 0.3 is 5.97 Å². The first-order valence-corrected chi connectivity index (χ1v) is 4.43. The molecule has 0 spiro atoms. The van der Waals surface area contributed by atoms with Crippen LogP contribution in [0.4, 0.5) is 0 Å². The zero-order valence-corrected chi connectivity index (χ0v) is 8.01. The normalized spacial score (nSPS) is 12.4. The molecule has 4 heteroatoms. The Morgan fingerprint density at radius 3 is 2.79 bits per heavy atom. The summed E-state index contributed by atoms with van der Waals surface area (Å²) < 4.78 is 5.09. The van der Waals surface area contributed by atoms with E-state index in [0.29, 0.717) is 13.0 Å². The third kappa shape index (κ3) is 3.53. The van der Waals surface area contributed by atoms with Gasteiger partial charge in [-0.05, 0) is 31.0 Å².